The van der Waals surface area contributed by atoms with Gasteiger partial charge in [0, 0.05) is 30.6 Å². The molecule has 1 N–H and O–H groups in total. The number of urea groups is 1. The number of hydrogen-bond acceptors (Lipinski definition) is 3. The first kappa shape index (κ1) is 15.1. The van der Waals surface area contributed by atoms with E-state index in [1.54, 1.807) is 23.7 Å². The van der Waals surface area contributed by atoms with Crippen LogP contribution >= 0.6 is 11.8 Å². The average Bonchev–Trinajstić information content (AvgIpc) is 2.36. The van der Waals surface area contributed by atoms with Crippen molar-refractivity contribution in [3.05, 3.63) is 0 Å². The topological polar surface area (TPSA) is 60.9 Å². The SMILES string of the molecule is CCC(C)(C)N(C)C(=O)N1CCSCC1C(=O)O. The first-order valence-electron chi connectivity index (χ1n) is 6.16. The van der Waals surface area contributed by atoms with E-state index >= 15 is 0 Å². The van der Waals surface area contributed by atoms with Gasteiger partial charge in [0.25, 0.3) is 0 Å². The van der Waals surface area contributed by atoms with E-state index in [-0.39, 0.29) is 11.6 Å². The maximum absolute atomic E-state index is 12.4. The summed E-state index contributed by atoms with van der Waals surface area (Å²) in [5.41, 5.74) is -0.259. The molecule has 2 amide bonds. The summed E-state index contributed by atoms with van der Waals surface area (Å²) in [4.78, 5) is 26.7. The molecule has 0 bridgehead atoms. The van der Waals surface area contributed by atoms with Crippen LogP contribution in [0, 0.1) is 0 Å². The van der Waals surface area contributed by atoms with Crippen molar-refractivity contribution in [2.45, 2.75) is 38.8 Å². The Balaban J connectivity index is 2.84. The van der Waals surface area contributed by atoms with Gasteiger partial charge in [-0.3, -0.25) is 0 Å². The van der Waals surface area contributed by atoms with Crippen molar-refractivity contribution in [3.63, 3.8) is 0 Å². The molecule has 1 rings (SSSR count). The number of carboxylic acid groups (broad SMARTS) is 1. The van der Waals surface area contributed by atoms with Gasteiger partial charge in [-0.15, -0.1) is 0 Å². The Morgan fingerprint density at radius 1 is 1.50 bits per heavy atom. The van der Waals surface area contributed by atoms with E-state index in [0.717, 1.165) is 12.2 Å². The molecule has 1 aliphatic rings. The molecule has 104 valence electrons. The highest BCUT2D eigenvalue weighted by molar-refractivity contribution is 7.99. The molecule has 1 saturated heterocycles. The number of thioether (sulfide) groups is 1. The minimum atomic E-state index is -0.918. The second kappa shape index (κ2) is 5.82. The van der Waals surface area contributed by atoms with Gasteiger partial charge >= 0.3 is 12.0 Å². The van der Waals surface area contributed by atoms with Crippen LogP contribution in [0.5, 0.6) is 0 Å². The van der Waals surface area contributed by atoms with Crippen molar-refractivity contribution >= 4 is 23.8 Å². The minimum absolute atomic E-state index is 0.186. The lowest BCUT2D eigenvalue weighted by Gasteiger charge is -2.41. The Morgan fingerprint density at radius 2 is 2.11 bits per heavy atom. The Bertz CT molecular complexity index is 333. The summed E-state index contributed by atoms with van der Waals surface area (Å²) < 4.78 is 0. The largest absolute Gasteiger partial charge is 0.480 e. The average molecular weight is 274 g/mol. The van der Waals surface area contributed by atoms with E-state index in [0.29, 0.717) is 12.3 Å². The normalized spacial score (nSPS) is 20.7. The number of carbonyl (C=O) groups is 2. The number of amides is 2. The molecule has 0 saturated carbocycles. The first-order chi connectivity index (χ1) is 8.31. The fourth-order valence-corrected chi connectivity index (χ4v) is 2.76. The van der Waals surface area contributed by atoms with Gasteiger partial charge in [-0.05, 0) is 20.3 Å². The monoisotopic (exact) mass is 274 g/mol. The standard InChI is InChI=1S/C12H22N2O3S/c1-5-12(2,3)13(4)11(17)14-6-7-18-8-9(14)10(15)16/h9H,5-8H2,1-4H3,(H,15,16). The maximum Gasteiger partial charge on any atom is 0.327 e. The Morgan fingerprint density at radius 3 is 2.61 bits per heavy atom. The maximum atomic E-state index is 12.4. The summed E-state index contributed by atoms with van der Waals surface area (Å²) in [6.45, 7) is 6.49. The van der Waals surface area contributed by atoms with Crippen LogP contribution in [-0.2, 0) is 4.79 Å². The third-order valence-corrected chi connectivity index (χ3v) is 4.74. The highest BCUT2D eigenvalue weighted by atomic mass is 32.2. The third kappa shape index (κ3) is 3.10. The zero-order chi connectivity index (χ0) is 13.9. The van der Waals surface area contributed by atoms with Crippen molar-refractivity contribution in [1.29, 1.82) is 0 Å². The van der Waals surface area contributed by atoms with Crippen molar-refractivity contribution < 1.29 is 14.7 Å². The van der Waals surface area contributed by atoms with E-state index in [1.807, 2.05) is 20.8 Å². The Labute approximate surface area is 113 Å². The molecular weight excluding hydrogens is 252 g/mol. The highest BCUT2D eigenvalue weighted by Crippen LogP contribution is 2.23. The van der Waals surface area contributed by atoms with Crippen LogP contribution in [0.3, 0.4) is 0 Å². The van der Waals surface area contributed by atoms with Gasteiger partial charge in [-0.25, -0.2) is 9.59 Å². The highest BCUT2D eigenvalue weighted by Gasteiger charge is 2.37. The van der Waals surface area contributed by atoms with Gasteiger partial charge < -0.3 is 14.9 Å². The van der Waals surface area contributed by atoms with Crippen LogP contribution in [0.2, 0.25) is 0 Å². The number of aliphatic carboxylic acids is 1. The minimum Gasteiger partial charge on any atom is -0.480 e. The van der Waals surface area contributed by atoms with E-state index in [4.69, 9.17) is 0 Å². The zero-order valence-corrected chi connectivity index (χ0v) is 12.3. The molecule has 18 heavy (non-hydrogen) atoms. The molecule has 0 aliphatic carbocycles. The number of carboxylic acids is 1. The number of carbonyl (C=O) groups excluding carboxylic acids is 1. The fourth-order valence-electron chi connectivity index (χ4n) is 1.73. The van der Waals surface area contributed by atoms with Crippen LogP contribution in [0.25, 0.3) is 0 Å². The van der Waals surface area contributed by atoms with Crippen LogP contribution in [0.1, 0.15) is 27.2 Å². The lowest BCUT2D eigenvalue weighted by atomic mass is 10.0. The molecule has 0 spiro atoms. The zero-order valence-electron chi connectivity index (χ0n) is 11.5. The molecule has 0 aromatic heterocycles. The molecular formula is C12H22N2O3S. The van der Waals surface area contributed by atoms with E-state index < -0.39 is 12.0 Å². The van der Waals surface area contributed by atoms with Crippen LogP contribution < -0.4 is 0 Å². The summed E-state index contributed by atoms with van der Waals surface area (Å²) in [5.74, 6) is 0.357. The molecule has 6 heteroatoms. The van der Waals surface area contributed by atoms with Gasteiger partial charge in [0.15, 0.2) is 0 Å². The molecule has 1 atom stereocenters. The molecule has 1 fully saturated rings. The molecule has 0 radical (unpaired) electrons. The molecule has 1 unspecified atom stereocenters. The lowest BCUT2D eigenvalue weighted by molar-refractivity contribution is -0.141. The van der Waals surface area contributed by atoms with Crippen molar-refractivity contribution in [2.75, 3.05) is 25.1 Å². The summed E-state index contributed by atoms with van der Waals surface area (Å²) in [6, 6.07) is -0.888. The second-order valence-electron chi connectivity index (χ2n) is 5.13. The summed E-state index contributed by atoms with van der Waals surface area (Å²) in [7, 11) is 1.74. The van der Waals surface area contributed by atoms with Gasteiger partial charge in [0.1, 0.15) is 6.04 Å². The molecule has 1 heterocycles. The van der Waals surface area contributed by atoms with Crippen molar-refractivity contribution in [1.82, 2.24) is 9.80 Å². The van der Waals surface area contributed by atoms with Gasteiger partial charge in [-0.2, -0.15) is 11.8 Å². The van der Waals surface area contributed by atoms with Gasteiger partial charge in [0.2, 0.25) is 0 Å². The molecule has 0 aromatic carbocycles. The van der Waals surface area contributed by atoms with Gasteiger partial charge in [-0.1, -0.05) is 6.92 Å². The predicted octanol–water partition coefficient (Wildman–Crippen LogP) is 1.73. The Kier molecular flexibility index (Phi) is 4.90. The lowest BCUT2D eigenvalue weighted by Crippen LogP contribution is -2.58. The summed E-state index contributed by atoms with van der Waals surface area (Å²) in [5, 5.41) is 9.17. The second-order valence-corrected chi connectivity index (χ2v) is 6.28. The van der Waals surface area contributed by atoms with Crippen LogP contribution in [-0.4, -0.2) is 63.6 Å². The predicted molar refractivity (Wildman–Crippen MR) is 73.0 cm³/mol. The third-order valence-electron chi connectivity index (χ3n) is 3.72. The molecule has 5 nitrogen and oxygen atoms in total. The molecule has 1 aliphatic heterocycles. The fraction of sp³-hybridized carbons (Fsp3) is 0.833. The van der Waals surface area contributed by atoms with E-state index in [2.05, 4.69) is 0 Å². The van der Waals surface area contributed by atoms with Crippen LogP contribution in [0.4, 0.5) is 4.79 Å². The number of rotatable bonds is 3. The van der Waals surface area contributed by atoms with E-state index in [9.17, 15) is 14.7 Å². The van der Waals surface area contributed by atoms with Crippen molar-refractivity contribution in [3.8, 4) is 0 Å². The van der Waals surface area contributed by atoms with E-state index in [1.165, 1.54) is 4.90 Å². The number of hydrogen-bond donors (Lipinski definition) is 1. The van der Waals surface area contributed by atoms with Crippen LogP contribution in [0.15, 0.2) is 0 Å². The quantitative estimate of drug-likeness (QED) is 0.851. The number of nitrogens with zero attached hydrogens (tertiary/aromatic N) is 2. The molecule has 0 aromatic rings. The van der Waals surface area contributed by atoms with Gasteiger partial charge in [0.05, 0.1) is 0 Å². The van der Waals surface area contributed by atoms with Crippen molar-refractivity contribution in [2.24, 2.45) is 0 Å². The Hall–Kier alpha value is -0.910. The summed E-state index contributed by atoms with van der Waals surface area (Å²) >= 11 is 1.58. The smallest absolute Gasteiger partial charge is 0.327 e. The first-order valence-corrected chi connectivity index (χ1v) is 7.31. The summed E-state index contributed by atoms with van der Waals surface area (Å²) in [6.07, 6.45) is 0.829.